The van der Waals surface area contributed by atoms with E-state index in [1.165, 1.54) is 37.7 Å². The third-order valence-corrected chi connectivity index (χ3v) is 4.52. The van der Waals surface area contributed by atoms with Crippen LogP contribution in [0.1, 0.15) is 37.7 Å². The molecule has 1 atom stereocenters. The molecule has 1 aromatic carbocycles. The van der Waals surface area contributed by atoms with Crippen molar-refractivity contribution in [3.63, 3.8) is 0 Å². The molecule has 1 aliphatic carbocycles. The summed E-state index contributed by atoms with van der Waals surface area (Å²) in [5, 5.41) is 2.96. The largest absolute Gasteiger partial charge is 0.354 e. The SMILES string of the molecule is O=C1NCC1(c1ccccc1)C1CCCCC1. The van der Waals surface area contributed by atoms with Gasteiger partial charge in [0, 0.05) is 6.54 Å². The van der Waals surface area contributed by atoms with Gasteiger partial charge in [-0.3, -0.25) is 4.79 Å². The molecule has 2 nitrogen and oxygen atoms in total. The van der Waals surface area contributed by atoms with E-state index in [4.69, 9.17) is 0 Å². The zero-order valence-electron chi connectivity index (χ0n) is 10.1. The minimum Gasteiger partial charge on any atom is -0.354 e. The van der Waals surface area contributed by atoms with Gasteiger partial charge in [-0.05, 0) is 24.3 Å². The van der Waals surface area contributed by atoms with Gasteiger partial charge in [-0.15, -0.1) is 0 Å². The molecule has 0 spiro atoms. The van der Waals surface area contributed by atoms with Gasteiger partial charge in [-0.25, -0.2) is 0 Å². The fourth-order valence-electron chi connectivity index (χ4n) is 3.48. The Hall–Kier alpha value is -1.31. The Bertz CT molecular complexity index is 408. The number of rotatable bonds is 2. The van der Waals surface area contributed by atoms with Crippen molar-refractivity contribution in [2.75, 3.05) is 6.54 Å². The highest BCUT2D eigenvalue weighted by Crippen LogP contribution is 2.44. The van der Waals surface area contributed by atoms with Crippen molar-refractivity contribution < 1.29 is 4.79 Å². The van der Waals surface area contributed by atoms with E-state index in [1.54, 1.807) is 0 Å². The van der Waals surface area contributed by atoms with E-state index in [0.29, 0.717) is 5.92 Å². The Kier molecular flexibility index (Phi) is 2.65. The second kappa shape index (κ2) is 4.17. The van der Waals surface area contributed by atoms with Gasteiger partial charge < -0.3 is 5.32 Å². The second-order valence-electron chi connectivity index (χ2n) is 5.35. The fraction of sp³-hybridized carbons (Fsp3) is 0.533. The summed E-state index contributed by atoms with van der Waals surface area (Å²) < 4.78 is 0. The molecular formula is C15H19NO. The Morgan fingerprint density at radius 3 is 2.29 bits per heavy atom. The van der Waals surface area contributed by atoms with Crippen molar-refractivity contribution in [1.29, 1.82) is 0 Å². The Labute approximate surface area is 102 Å². The van der Waals surface area contributed by atoms with Crippen LogP contribution in [0.15, 0.2) is 30.3 Å². The Morgan fingerprint density at radius 2 is 1.76 bits per heavy atom. The molecule has 1 heterocycles. The van der Waals surface area contributed by atoms with E-state index >= 15 is 0 Å². The quantitative estimate of drug-likeness (QED) is 0.776. The van der Waals surface area contributed by atoms with Crippen LogP contribution in [0.5, 0.6) is 0 Å². The number of amides is 1. The molecule has 1 aliphatic heterocycles. The number of β-lactam (4-membered cyclic amide) rings is 1. The molecule has 0 aromatic heterocycles. The standard InChI is InChI=1S/C15H19NO/c17-14-15(11-16-14,12-7-3-1-4-8-12)13-9-5-2-6-10-13/h1,3-4,7-8,13H,2,5-6,9-11H2,(H,16,17). The maximum Gasteiger partial charge on any atom is 0.232 e. The molecule has 2 aliphatic rings. The molecular weight excluding hydrogens is 210 g/mol. The normalized spacial score (nSPS) is 29.5. The fourth-order valence-corrected chi connectivity index (χ4v) is 3.48. The molecule has 2 heteroatoms. The highest BCUT2D eigenvalue weighted by Gasteiger charge is 2.52. The van der Waals surface area contributed by atoms with Gasteiger partial charge in [0.05, 0.1) is 5.41 Å². The third-order valence-electron chi connectivity index (χ3n) is 4.52. The first-order valence-corrected chi connectivity index (χ1v) is 6.68. The summed E-state index contributed by atoms with van der Waals surface area (Å²) in [4.78, 5) is 12.1. The number of carbonyl (C=O) groups is 1. The van der Waals surface area contributed by atoms with E-state index in [-0.39, 0.29) is 11.3 Å². The molecule has 3 rings (SSSR count). The highest BCUT2D eigenvalue weighted by atomic mass is 16.2. The monoisotopic (exact) mass is 229 g/mol. The summed E-state index contributed by atoms with van der Waals surface area (Å²) in [6.07, 6.45) is 6.33. The molecule has 1 amide bonds. The smallest absolute Gasteiger partial charge is 0.232 e. The van der Waals surface area contributed by atoms with Gasteiger partial charge in [-0.1, -0.05) is 49.6 Å². The topological polar surface area (TPSA) is 29.1 Å². The zero-order chi connectivity index (χ0) is 11.7. The van der Waals surface area contributed by atoms with Crippen molar-refractivity contribution in [3.05, 3.63) is 35.9 Å². The van der Waals surface area contributed by atoms with Gasteiger partial charge in [-0.2, -0.15) is 0 Å². The molecule has 1 aromatic rings. The summed E-state index contributed by atoms with van der Waals surface area (Å²) in [5.74, 6) is 0.794. The first kappa shape index (κ1) is 10.8. The maximum atomic E-state index is 12.1. The molecule has 1 N–H and O–H groups in total. The first-order valence-electron chi connectivity index (χ1n) is 6.68. The van der Waals surface area contributed by atoms with Gasteiger partial charge >= 0.3 is 0 Å². The lowest BCUT2D eigenvalue weighted by atomic mass is 9.61. The Balaban J connectivity index is 1.96. The Morgan fingerprint density at radius 1 is 1.06 bits per heavy atom. The lowest BCUT2D eigenvalue weighted by molar-refractivity contribution is -0.137. The second-order valence-corrected chi connectivity index (χ2v) is 5.35. The third kappa shape index (κ3) is 1.58. The molecule has 0 bridgehead atoms. The maximum absolute atomic E-state index is 12.1. The van der Waals surface area contributed by atoms with E-state index in [1.807, 2.05) is 18.2 Å². The molecule has 0 radical (unpaired) electrons. The van der Waals surface area contributed by atoms with Crippen LogP contribution < -0.4 is 5.32 Å². The van der Waals surface area contributed by atoms with Crippen LogP contribution in [0, 0.1) is 5.92 Å². The summed E-state index contributed by atoms with van der Waals surface area (Å²) >= 11 is 0. The van der Waals surface area contributed by atoms with Gasteiger partial charge in [0.2, 0.25) is 5.91 Å². The average Bonchev–Trinajstić information content (AvgIpc) is 2.40. The highest BCUT2D eigenvalue weighted by molar-refractivity contribution is 5.94. The van der Waals surface area contributed by atoms with Crippen molar-refractivity contribution in [2.24, 2.45) is 5.92 Å². The molecule has 2 fully saturated rings. The van der Waals surface area contributed by atoms with Crippen molar-refractivity contribution in [2.45, 2.75) is 37.5 Å². The minimum atomic E-state index is -0.207. The summed E-state index contributed by atoms with van der Waals surface area (Å²) in [6, 6.07) is 10.4. The van der Waals surface area contributed by atoms with Crippen LogP contribution in [0.3, 0.4) is 0 Å². The van der Waals surface area contributed by atoms with E-state index in [0.717, 1.165) is 6.54 Å². The van der Waals surface area contributed by atoms with Crippen molar-refractivity contribution in [1.82, 2.24) is 5.32 Å². The summed E-state index contributed by atoms with van der Waals surface area (Å²) in [5.41, 5.74) is 1.01. The van der Waals surface area contributed by atoms with Gasteiger partial charge in [0.25, 0.3) is 0 Å². The van der Waals surface area contributed by atoms with Gasteiger partial charge in [0.1, 0.15) is 0 Å². The predicted molar refractivity (Wildman–Crippen MR) is 67.7 cm³/mol. The average molecular weight is 229 g/mol. The van der Waals surface area contributed by atoms with Crippen molar-refractivity contribution in [3.8, 4) is 0 Å². The molecule has 1 saturated heterocycles. The van der Waals surface area contributed by atoms with E-state index in [9.17, 15) is 4.79 Å². The summed E-state index contributed by atoms with van der Waals surface area (Å²) in [6.45, 7) is 0.834. The van der Waals surface area contributed by atoms with Crippen LogP contribution in [0.4, 0.5) is 0 Å². The van der Waals surface area contributed by atoms with Crippen LogP contribution >= 0.6 is 0 Å². The van der Waals surface area contributed by atoms with Crippen LogP contribution in [0.2, 0.25) is 0 Å². The first-order chi connectivity index (χ1) is 8.34. The van der Waals surface area contributed by atoms with Crippen LogP contribution in [0.25, 0.3) is 0 Å². The number of carbonyl (C=O) groups excluding carboxylic acids is 1. The molecule has 90 valence electrons. The molecule has 1 unspecified atom stereocenters. The number of benzene rings is 1. The zero-order valence-corrected chi connectivity index (χ0v) is 10.1. The minimum absolute atomic E-state index is 0.207. The van der Waals surface area contributed by atoms with E-state index in [2.05, 4.69) is 17.4 Å². The van der Waals surface area contributed by atoms with Crippen LogP contribution in [-0.4, -0.2) is 12.5 Å². The van der Waals surface area contributed by atoms with Gasteiger partial charge in [0.15, 0.2) is 0 Å². The predicted octanol–water partition coefficient (Wildman–Crippen LogP) is 2.63. The van der Waals surface area contributed by atoms with Crippen LogP contribution in [-0.2, 0) is 10.2 Å². The lowest BCUT2D eigenvalue weighted by Crippen LogP contribution is -2.66. The van der Waals surface area contributed by atoms with E-state index < -0.39 is 0 Å². The number of hydrogen-bond acceptors (Lipinski definition) is 1. The van der Waals surface area contributed by atoms with Crippen molar-refractivity contribution >= 4 is 5.91 Å². The lowest BCUT2D eigenvalue weighted by Gasteiger charge is -2.48. The number of hydrogen-bond donors (Lipinski definition) is 1. The molecule has 1 saturated carbocycles. The number of nitrogens with one attached hydrogen (secondary N) is 1. The molecule has 17 heavy (non-hydrogen) atoms. The summed E-state index contributed by atoms with van der Waals surface area (Å²) in [7, 11) is 0.